The summed E-state index contributed by atoms with van der Waals surface area (Å²) < 4.78 is 11.4. The maximum absolute atomic E-state index is 12.9. The van der Waals surface area contributed by atoms with E-state index in [2.05, 4.69) is 5.32 Å². The molecule has 0 aromatic heterocycles. The van der Waals surface area contributed by atoms with Gasteiger partial charge in [-0.15, -0.1) is 0 Å². The predicted molar refractivity (Wildman–Crippen MR) is 138 cm³/mol. The first-order valence-electron chi connectivity index (χ1n) is 11.4. The Bertz CT molecular complexity index is 1310. The molecule has 176 valence electrons. The third kappa shape index (κ3) is 6.36. The second-order valence-electron chi connectivity index (χ2n) is 9.02. The molecule has 0 bridgehead atoms. The molecule has 0 aliphatic rings. The first-order chi connectivity index (χ1) is 16.8. The molecule has 0 aliphatic heterocycles. The van der Waals surface area contributed by atoms with Crippen LogP contribution in [0.3, 0.4) is 0 Å². The van der Waals surface area contributed by atoms with Gasteiger partial charge in [-0.3, -0.25) is 4.79 Å². The van der Waals surface area contributed by atoms with E-state index in [-0.39, 0.29) is 11.5 Å². The number of hydrogen-bond donors (Lipinski definition) is 1. The average Bonchev–Trinajstić information content (AvgIpc) is 2.84. The van der Waals surface area contributed by atoms with Gasteiger partial charge in [0, 0.05) is 5.56 Å². The lowest BCUT2D eigenvalue weighted by Crippen LogP contribution is -2.25. The number of para-hydroxylation sites is 1. The number of rotatable bonds is 6. The number of carbonyl (C=O) groups is 2. The largest absolute Gasteiger partial charge is 0.457 e. The topological polar surface area (TPSA) is 64.6 Å². The minimum Gasteiger partial charge on any atom is -0.457 e. The number of esters is 1. The van der Waals surface area contributed by atoms with E-state index >= 15 is 0 Å². The van der Waals surface area contributed by atoms with Crippen molar-refractivity contribution < 1.29 is 19.1 Å². The van der Waals surface area contributed by atoms with Crippen molar-refractivity contribution in [3.63, 3.8) is 0 Å². The van der Waals surface area contributed by atoms with Crippen LogP contribution >= 0.6 is 0 Å². The fourth-order valence-corrected chi connectivity index (χ4v) is 3.46. The van der Waals surface area contributed by atoms with E-state index in [4.69, 9.17) is 9.47 Å². The fraction of sp³-hybridized carbons (Fsp3) is 0.133. The van der Waals surface area contributed by atoms with Crippen LogP contribution in [-0.4, -0.2) is 17.5 Å². The van der Waals surface area contributed by atoms with Crippen LogP contribution in [0.5, 0.6) is 11.5 Å². The quantitative estimate of drug-likeness (QED) is 0.302. The standard InChI is InChI=1S/C30H27NO4/c1-30(2,3)35-29(33)26-19-16-23(20-27(26)31-28(32)22-10-6-4-7-11-22)21-14-17-25(18-15-21)34-24-12-8-5-9-13-24/h4-20H,1-3H3,(H,31,32). The summed E-state index contributed by atoms with van der Waals surface area (Å²) in [6.45, 7) is 5.42. The monoisotopic (exact) mass is 465 g/mol. The summed E-state index contributed by atoms with van der Waals surface area (Å²) >= 11 is 0. The van der Waals surface area contributed by atoms with Crippen molar-refractivity contribution in [1.82, 2.24) is 0 Å². The highest BCUT2D eigenvalue weighted by Crippen LogP contribution is 2.30. The smallest absolute Gasteiger partial charge is 0.340 e. The van der Waals surface area contributed by atoms with Gasteiger partial charge in [-0.25, -0.2) is 4.79 Å². The summed E-state index contributed by atoms with van der Waals surface area (Å²) in [6, 6.07) is 31.4. The molecule has 0 aliphatic carbocycles. The Morgan fingerprint density at radius 2 is 1.26 bits per heavy atom. The van der Waals surface area contributed by atoms with Crippen molar-refractivity contribution in [1.29, 1.82) is 0 Å². The maximum Gasteiger partial charge on any atom is 0.340 e. The molecule has 1 amide bonds. The molecule has 0 heterocycles. The molecule has 0 spiro atoms. The molecule has 0 fully saturated rings. The van der Waals surface area contributed by atoms with E-state index in [0.717, 1.165) is 16.9 Å². The van der Waals surface area contributed by atoms with E-state index in [1.54, 1.807) is 57.2 Å². The zero-order valence-electron chi connectivity index (χ0n) is 19.9. The Hall–Kier alpha value is -4.38. The molecule has 5 nitrogen and oxygen atoms in total. The van der Waals surface area contributed by atoms with Crippen LogP contribution in [0.4, 0.5) is 5.69 Å². The lowest BCUT2D eigenvalue weighted by Gasteiger charge is -2.21. The van der Waals surface area contributed by atoms with Crippen molar-refractivity contribution >= 4 is 17.6 Å². The summed E-state index contributed by atoms with van der Waals surface area (Å²) in [5.41, 5.74) is 2.26. The maximum atomic E-state index is 12.9. The number of nitrogens with one attached hydrogen (secondary N) is 1. The molecule has 5 heteroatoms. The van der Waals surface area contributed by atoms with Crippen LogP contribution < -0.4 is 10.1 Å². The molecule has 0 saturated heterocycles. The average molecular weight is 466 g/mol. The zero-order valence-corrected chi connectivity index (χ0v) is 19.9. The van der Waals surface area contributed by atoms with Crippen LogP contribution in [0.1, 0.15) is 41.5 Å². The predicted octanol–water partition coefficient (Wildman–Crippen LogP) is 7.35. The Morgan fingerprint density at radius 3 is 1.89 bits per heavy atom. The van der Waals surface area contributed by atoms with Gasteiger partial charge in [0.2, 0.25) is 0 Å². The van der Waals surface area contributed by atoms with Gasteiger partial charge in [0.25, 0.3) is 5.91 Å². The minimum absolute atomic E-state index is 0.289. The molecule has 35 heavy (non-hydrogen) atoms. The number of amides is 1. The summed E-state index contributed by atoms with van der Waals surface area (Å²) in [7, 11) is 0. The number of ether oxygens (including phenoxy) is 2. The summed E-state index contributed by atoms with van der Waals surface area (Å²) in [5, 5.41) is 2.88. The Kier molecular flexibility index (Phi) is 6.97. The number of carbonyl (C=O) groups excluding carboxylic acids is 2. The fourth-order valence-electron chi connectivity index (χ4n) is 3.46. The number of hydrogen-bond acceptors (Lipinski definition) is 4. The van der Waals surface area contributed by atoms with Gasteiger partial charge < -0.3 is 14.8 Å². The molecular formula is C30H27NO4. The molecule has 4 rings (SSSR count). The van der Waals surface area contributed by atoms with Crippen molar-refractivity contribution in [3.05, 3.63) is 114 Å². The summed E-state index contributed by atoms with van der Waals surface area (Å²) in [4.78, 5) is 25.7. The lowest BCUT2D eigenvalue weighted by molar-refractivity contribution is 0.00708. The van der Waals surface area contributed by atoms with Gasteiger partial charge in [-0.05, 0) is 80.4 Å². The first-order valence-corrected chi connectivity index (χ1v) is 11.4. The molecule has 0 atom stereocenters. The van der Waals surface area contributed by atoms with Crippen molar-refractivity contribution in [2.45, 2.75) is 26.4 Å². The van der Waals surface area contributed by atoms with Gasteiger partial charge in [0.05, 0.1) is 11.3 Å². The van der Waals surface area contributed by atoms with Crippen molar-refractivity contribution in [3.8, 4) is 22.6 Å². The second-order valence-corrected chi connectivity index (χ2v) is 9.02. The van der Waals surface area contributed by atoms with E-state index in [1.807, 2.05) is 66.7 Å². The minimum atomic E-state index is -0.662. The lowest BCUT2D eigenvalue weighted by atomic mass is 10.0. The molecule has 0 radical (unpaired) electrons. The van der Waals surface area contributed by atoms with Gasteiger partial charge in [0.1, 0.15) is 17.1 Å². The van der Waals surface area contributed by atoms with Crippen LogP contribution in [0.25, 0.3) is 11.1 Å². The van der Waals surface area contributed by atoms with Crippen LogP contribution in [-0.2, 0) is 4.74 Å². The third-order valence-electron chi connectivity index (χ3n) is 5.09. The first kappa shape index (κ1) is 23.8. The highest BCUT2D eigenvalue weighted by Gasteiger charge is 2.22. The SMILES string of the molecule is CC(C)(C)OC(=O)c1ccc(-c2ccc(Oc3ccccc3)cc2)cc1NC(=O)c1ccccc1. The van der Waals surface area contributed by atoms with Crippen LogP contribution in [0.15, 0.2) is 103 Å². The van der Waals surface area contributed by atoms with E-state index in [1.165, 1.54) is 0 Å². The van der Waals surface area contributed by atoms with Gasteiger partial charge in [-0.2, -0.15) is 0 Å². The molecule has 1 N–H and O–H groups in total. The Balaban J connectivity index is 1.63. The molecular weight excluding hydrogens is 438 g/mol. The molecule has 4 aromatic carbocycles. The summed E-state index contributed by atoms with van der Waals surface area (Å²) in [5.74, 6) is 0.661. The van der Waals surface area contributed by atoms with Crippen LogP contribution in [0.2, 0.25) is 0 Å². The van der Waals surface area contributed by atoms with Crippen molar-refractivity contribution in [2.75, 3.05) is 5.32 Å². The zero-order chi connectivity index (χ0) is 24.8. The molecule has 0 saturated carbocycles. The highest BCUT2D eigenvalue weighted by molar-refractivity contribution is 6.08. The van der Waals surface area contributed by atoms with Gasteiger partial charge in [0.15, 0.2) is 0 Å². The van der Waals surface area contributed by atoms with Gasteiger partial charge in [-0.1, -0.05) is 54.6 Å². The Morgan fingerprint density at radius 1 is 0.686 bits per heavy atom. The van der Waals surface area contributed by atoms with E-state index in [9.17, 15) is 9.59 Å². The Labute approximate surface area is 205 Å². The van der Waals surface area contributed by atoms with E-state index < -0.39 is 11.6 Å². The number of benzene rings is 4. The number of anilines is 1. The summed E-state index contributed by atoms with van der Waals surface area (Å²) in [6.07, 6.45) is 0. The third-order valence-corrected chi connectivity index (χ3v) is 5.09. The second kappa shape index (κ2) is 10.3. The van der Waals surface area contributed by atoms with Crippen LogP contribution in [0, 0.1) is 0 Å². The van der Waals surface area contributed by atoms with E-state index in [0.29, 0.717) is 17.0 Å². The molecule has 4 aromatic rings. The van der Waals surface area contributed by atoms with Gasteiger partial charge >= 0.3 is 5.97 Å². The normalized spacial score (nSPS) is 10.9. The molecule has 0 unspecified atom stereocenters. The highest BCUT2D eigenvalue weighted by atomic mass is 16.6. The van der Waals surface area contributed by atoms with Crippen molar-refractivity contribution in [2.24, 2.45) is 0 Å².